The number of carboxylic acid groups (broad SMARTS) is 1. The number of aliphatic carboxylic acids is 1. The first-order valence-electron chi connectivity index (χ1n) is 7.60. The lowest BCUT2D eigenvalue weighted by molar-refractivity contribution is -0.147. The smallest absolute Gasteiger partial charge is 0.352 e. The Hall–Kier alpha value is -1.30. The average Bonchev–Trinajstić information content (AvgIpc) is 3.01. The summed E-state index contributed by atoms with van der Waals surface area (Å²) in [5.74, 6) is -1.07. The fraction of sp³-hybridized carbons (Fsp3) is 0.188. The van der Waals surface area contributed by atoms with Crippen molar-refractivity contribution < 1.29 is 14.7 Å². The Balaban J connectivity index is 1.59. The minimum atomic E-state index is -1.15. The molecule has 2 aromatic rings. The Labute approximate surface area is 174 Å². The molecule has 2 aromatic heterocycles. The zero-order valence-electron chi connectivity index (χ0n) is 13.4. The molecule has 11 heteroatoms. The number of allylic oxidation sites excluding steroid dienone is 1. The maximum absolute atomic E-state index is 12.1. The van der Waals surface area contributed by atoms with Crippen molar-refractivity contribution in [3.8, 4) is 0 Å². The molecule has 140 valence electrons. The summed E-state index contributed by atoms with van der Waals surface area (Å²) in [7, 11) is 0. The summed E-state index contributed by atoms with van der Waals surface area (Å²) in [5, 5.41) is 11.5. The molecule has 2 aliphatic heterocycles. The third-order valence-corrected chi connectivity index (χ3v) is 8.84. The zero-order chi connectivity index (χ0) is 19.3. The number of nitrogens with two attached hydrogens (primary N) is 1. The van der Waals surface area contributed by atoms with Crippen molar-refractivity contribution in [1.82, 2.24) is 4.90 Å². The van der Waals surface area contributed by atoms with E-state index in [4.69, 9.17) is 17.3 Å². The maximum atomic E-state index is 12.1. The molecule has 2 aliphatic rings. The number of nitrogens with zero attached hydrogens (tertiary/aromatic N) is 1. The van der Waals surface area contributed by atoms with Crippen LogP contribution < -0.4 is 11.2 Å². The lowest BCUT2D eigenvalue weighted by Gasteiger charge is -2.47. The van der Waals surface area contributed by atoms with Crippen LogP contribution >= 0.6 is 57.8 Å². The van der Waals surface area contributed by atoms with Crippen molar-refractivity contribution in [1.29, 1.82) is 0 Å². The van der Waals surface area contributed by atoms with E-state index in [2.05, 4.69) is 0 Å². The number of β-lactam (4-membered cyclic amide) rings is 1. The highest BCUT2D eigenvalue weighted by Crippen LogP contribution is 2.40. The van der Waals surface area contributed by atoms with Gasteiger partial charge in [-0.2, -0.15) is 0 Å². The number of amides is 1. The standard InChI is InChI=1S/C16H11ClN2O4S4/c17-9-3-7-8(20)4-10(27-16(7)26-9)24-2-1-6-5-25-14-11(18)13(21)19(14)12(6)15(22)23/h1-4,11,14H,5,18H2,(H,22,23)/b2-1+. The number of thioether (sulfide) groups is 2. The first-order valence-corrected chi connectivity index (χ1v) is 11.5. The number of hydrogen-bond donors (Lipinski definition) is 2. The quantitative estimate of drug-likeness (QED) is 0.536. The molecule has 1 fully saturated rings. The average molecular weight is 459 g/mol. The molecule has 1 amide bonds. The summed E-state index contributed by atoms with van der Waals surface area (Å²) in [6, 6.07) is 2.56. The van der Waals surface area contributed by atoms with Gasteiger partial charge in [0.15, 0.2) is 5.43 Å². The van der Waals surface area contributed by atoms with Crippen LogP contribution in [0.3, 0.4) is 0 Å². The fourth-order valence-electron chi connectivity index (χ4n) is 2.81. The lowest BCUT2D eigenvalue weighted by Crippen LogP contribution is -2.68. The third-order valence-electron chi connectivity index (χ3n) is 4.07. The molecule has 0 spiro atoms. The van der Waals surface area contributed by atoms with Crippen LogP contribution in [-0.2, 0) is 9.59 Å². The molecule has 2 atom stereocenters. The van der Waals surface area contributed by atoms with Crippen LogP contribution in [0.5, 0.6) is 0 Å². The highest BCUT2D eigenvalue weighted by atomic mass is 35.5. The lowest BCUT2D eigenvalue weighted by atomic mass is 10.0. The number of carbonyl (C=O) groups is 2. The molecule has 0 radical (unpaired) electrons. The van der Waals surface area contributed by atoms with Crippen LogP contribution in [0, 0.1) is 0 Å². The van der Waals surface area contributed by atoms with E-state index in [-0.39, 0.29) is 22.4 Å². The number of rotatable bonds is 4. The maximum Gasteiger partial charge on any atom is 0.352 e. The van der Waals surface area contributed by atoms with E-state index >= 15 is 0 Å². The van der Waals surface area contributed by atoms with Gasteiger partial charge in [-0.05, 0) is 23.1 Å². The van der Waals surface area contributed by atoms with Crippen molar-refractivity contribution in [3.63, 3.8) is 0 Å². The SMILES string of the molecule is NC1C(=O)N2C(C(=O)O)=C(/C=C/Sc3cc(=O)c4cc(Cl)sc4s3)CSC12. The predicted molar refractivity (Wildman–Crippen MR) is 112 cm³/mol. The second-order valence-corrected chi connectivity index (χ2v) is 11.0. The summed E-state index contributed by atoms with van der Waals surface area (Å²) in [5.41, 5.74) is 6.17. The molecule has 0 aliphatic carbocycles. The van der Waals surface area contributed by atoms with Gasteiger partial charge in [0.05, 0.1) is 17.9 Å². The van der Waals surface area contributed by atoms with Gasteiger partial charge in [0, 0.05) is 11.8 Å². The molecule has 3 N–H and O–H groups in total. The van der Waals surface area contributed by atoms with Crippen molar-refractivity contribution in [2.24, 2.45) is 5.73 Å². The van der Waals surface area contributed by atoms with E-state index < -0.39 is 12.0 Å². The topological polar surface area (TPSA) is 101 Å². The van der Waals surface area contributed by atoms with Crippen LogP contribution in [0.1, 0.15) is 0 Å². The van der Waals surface area contributed by atoms with E-state index in [0.717, 1.165) is 8.22 Å². The molecular formula is C16H11ClN2O4S4. The van der Waals surface area contributed by atoms with E-state index in [1.807, 2.05) is 0 Å². The second kappa shape index (κ2) is 7.26. The minimum Gasteiger partial charge on any atom is -0.477 e. The number of halogens is 1. The van der Waals surface area contributed by atoms with Gasteiger partial charge in [-0.25, -0.2) is 4.79 Å². The highest BCUT2D eigenvalue weighted by molar-refractivity contribution is 8.04. The van der Waals surface area contributed by atoms with Gasteiger partial charge in [-0.1, -0.05) is 23.4 Å². The number of thiophene rings is 1. The van der Waals surface area contributed by atoms with Crippen molar-refractivity contribution in [2.45, 2.75) is 15.6 Å². The largest absolute Gasteiger partial charge is 0.477 e. The summed E-state index contributed by atoms with van der Waals surface area (Å²) in [4.78, 5) is 37.0. The fourth-order valence-corrected chi connectivity index (χ4v) is 7.81. The van der Waals surface area contributed by atoms with Crippen LogP contribution in [0.2, 0.25) is 4.34 Å². The monoisotopic (exact) mass is 458 g/mol. The molecule has 4 heterocycles. The van der Waals surface area contributed by atoms with E-state index in [1.165, 1.54) is 51.1 Å². The van der Waals surface area contributed by atoms with Gasteiger partial charge in [-0.3, -0.25) is 14.5 Å². The molecule has 4 rings (SSSR count). The van der Waals surface area contributed by atoms with Gasteiger partial charge in [-0.15, -0.1) is 34.4 Å². The summed E-state index contributed by atoms with van der Waals surface area (Å²) in [6.45, 7) is 0. The van der Waals surface area contributed by atoms with Crippen molar-refractivity contribution in [3.05, 3.63) is 49.4 Å². The number of carbonyl (C=O) groups excluding carboxylic acids is 1. The van der Waals surface area contributed by atoms with Crippen molar-refractivity contribution in [2.75, 3.05) is 5.75 Å². The summed E-state index contributed by atoms with van der Waals surface area (Å²) >= 11 is 11.6. The zero-order valence-corrected chi connectivity index (χ0v) is 17.4. The second-order valence-electron chi connectivity index (χ2n) is 5.72. The number of fused-ring (bicyclic) bond motifs is 2. The van der Waals surface area contributed by atoms with Crippen LogP contribution in [-0.4, -0.2) is 39.1 Å². The van der Waals surface area contributed by atoms with Gasteiger partial charge >= 0.3 is 5.97 Å². The normalized spacial score (nSPS) is 22.4. The van der Waals surface area contributed by atoms with E-state index in [0.29, 0.717) is 21.0 Å². The molecule has 27 heavy (non-hydrogen) atoms. The van der Waals surface area contributed by atoms with Gasteiger partial charge < -0.3 is 10.8 Å². The third kappa shape index (κ3) is 3.34. The summed E-state index contributed by atoms with van der Waals surface area (Å²) < 4.78 is 2.20. The molecule has 0 aromatic carbocycles. The molecule has 0 saturated carbocycles. The van der Waals surface area contributed by atoms with E-state index in [1.54, 1.807) is 23.6 Å². The molecule has 1 saturated heterocycles. The van der Waals surface area contributed by atoms with Crippen LogP contribution in [0.4, 0.5) is 0 Å². The Bertz CT molecular complexity index is 1090. The first kappa shape index (κ1) is 19.0. The van der Waals surface area contributed by atoms with E-state index in [9.17, 15) is 19.5 Å². The Morgan fingerprint density at radius 3 is 2.89 bits per heavy atom. The van der Waals surface area contributed by atoms with Crippen LogP contribution in [0.25, 0.3) is 9.40 Å². The summed E-state index contributed by atoms with van der Waals surface area (Å²) in [6.07, 6.45) is 1.68. The Morgan fingerprint density at radius 1 is 1.37 bits per heavy atom. The predicted octanol–water partition coefficient (Wildman–Crippen LogP) is 3.16. The van der Waals surface area contributed by atoms with Crippen LogP contribution in [0.15, 0.2) is 43.9 Å². The number of hydrogen-bond acceptors (Lipinski definition) is 8. The number of carboxylic acids is 1. The Kier molecular flexibility index (Phi) is 5.12. The molecule has 2 unspecified atom stereocenters. The molecule has 6 nitrogen and oxygen atoms in total. The van der Waals surface area contributed by atoms with Gasteiger partial charge in [0.25, 0.3) is 0 Å². The van der Waals surface area contributed by atoms with Gasteiger partial charge in [0.1, 0.15) is 17.1 Å². The van der Waals surface area contributed by atoms with Gasteiger partial charge in [0.2, 0.25) is 5.91 Å². The Morgan fingerprint density at radius 2 is 2.15 bits per heavy atom. The molecular weight excluding hydrogens is 448 g/mol. The molecule has 0 bridgehead atoms. The van der Waals surface area contributed by atoms with Crippen molar-refractivity contribution >= 4 is 79.1 Å². The first-order chi connectivity index (χ1) is 12.9. The minimum absolute atomic E-state index is 0.0176. The highest BCUT2D eigenvalue weighted by Gasteiger charge is 2.51.